The molecule has 1 aromatic carbocycles. The quantitative estimate of drug-likeness (QED) is 0.625. The third-order valence-electron chi connectivity index (χ3n) is 2.09. The summed E-state index contributed by atoms with van der Waals surface area (Å²) in [5.41, 5.74) is 0.719. The van der Waals surface area contributed by atoms with Gasteiger partial charge in [0.2, 0.25) is 0 Å². The number of ketones is 2. The Labute approximate surface area is 99.5 Å². The van der Waals surface area contributed by atoms with Crippen LogP contribution in [0, 0.1) is 0 Å². The van der Waals surface area contributed by atoms with Gasteiger partial charge >= 0.3 is 0 Å². The number of Topliss-reactive ketones (excluding diaryl/α,β-unsaturated/α-hetero) is 1. The molecule has 4 heteroatoms. The third kappa shape index (κ3) is 4.10. The molecule has 0 heterocycles. The third-order valence-corrected chi connectivity index (χ3v) is 2.09. The number of hydrogen-bond donors (Lipinski definition) is 1. The van der Waals surface area contributed by atoms with Crippen molar-refractivity contribution < 1.29 is 19.4 Å². The smallest absolute Gasteiger partial charge is 0.163 e. The SMILES string of the molecule is COc1cc(C=CC(=O)CC(C)=O)ccc1O. The van der Waals surface area contributed by atoms with Gasteiger partial charge in [0.05, 0.1) is 13.5 Å². The Morgan fingerprint density at radius 3 is 2.71 bits per heavy atom. The maximum atomic E-state index is 11.3. The predicted molar refractivity (Wildman–Crippen MR) is 64.0 cm³/mol. The normalized spacial score (nSPS) is 10.5. The summed E-state index contributed by atoms with van der Waals surface area (Å²) in [6.07, 6.45) is 2.83. The summed E-state index contributed by atoms with van der Waals surface area (Å²) in [6, 6.07) is 4.73. The van der Waals surface area contributed by atoms with Crippen LogP contribution in [0.2, 0.25) is 0 Å². The molecule has 0 saturated heterocycles. The molecule has 0 aromatic heterocycles. The molecule has 0 spiro atoms. The second kappa shape index (κ2) is 5.84. The number of aromatic hydroxyl groups is 1. The van der Waals surface area contributed by atoms with Crippen LogP contribution in [-0.4, -0.2) is 23.8 Å². The summed E-state index contributed by atoms with van der Waals surface area (Å²) < 4.78 is 4.93. The van der Waals surface area contributed by atoms with Gasteiger partial charge in [-0.3, -0.25) is 9.59 Å². The Morgan fingerprint density at radius 1 is 1.41 bits per heavy atom. The largest absolute Gasteiger partial charge is 0.504 e. The summed E-state index contributed by atoms with van der Waals surface area (Å²) >= 11 is 0. The molecule has 17 heavy (non-hydrogen) atoms. The second-order valence-corrected chi connectivity index (χ2v) is 3.61. The van der Waals surface area contributed by atoms with Crippen molar-refractivity contribution in [2.75, 3.05) is 7.11 Å². The van der Waals surface area contributed by atoms with E-state index in [4.69, 9.17) is 4.74 Å². The van der Waals surface area contributed by atoms with E-state index >= 15 is 0 Å². The van der Waals surface area contributed by atoms with Crippen molar-refractivity contribution in [2.24, 2.45) is 0 Å². The molecule has 4 nitrogen and oxygen atoms in total. The van der Waals surface area contributed by atoms with Crippen LogP contribution < -0.4 is 4.74 Å². The molecule has 0 aliphatic heterocycles. The molecule has 0 aliphatic rings. The first kappa shape index (κ1) is 13.0. The number of allylic oxidation sites excluding steroid dienone is 1. The molecule has 90 valence electrons. The van der Waals surface area contributed by atoms with E-state index in [1.54, 1.807) is 18.2 Å². The lowest BCUT2D eigenvalue weighted by molar-refractivity contribution is -0.123. The van der Waals surface area contributed by atoms with Crippen molar-refractivity contribution in [1.29, 1.82) is 0 Å². The van der Waals surface area contributed by atoms with Gasteiger partial charge in [-0.25, -0.2) is 0 Å². The standard InChI is InChI=1S/C13H14O4/c1-9(14)7-11(15)5-3-10-4-6-12(16)13(8-10)17-2/h3-6,8,16H,7H2,1-2H3. The summed E-state index contributed by atoms with van der Waals surface area (Å²) in [5.74, 6) is -0.0293. The van der Waals surface area contributed by atoms with Crippen LogP contribution in [0.3, 0.4) is 0 Å². The highest BCUT2D eigenvalue weighted by atomic mass is 16.5. The van der Waals surface area contributed by atoms with Gasteiger partial charge < -0.3 is 9.84 Å². The number of phenolic OH excluding ortho intramolecular Hbond substituents is 1. The van der Waals surface area contributed by atoms with Crippen LogP contribution in [0.15, 0.2) is 24.3 Å². The van der Waals surface area contributed by atoms with Crippen LogP contribution in [0.25, 0.3) is 6.08 Å². The van der Waals surface area contributed by atoms with Gasteiger partial charge in [-0.05, 0) is 30.7 Å². The first-order valence-corrected chi connectivity index (χ1v) is 5.10. The van der Waals surface area contributed by atoms with Crippen LogP contribution in [0.1, 0.15) is 18.9 Å². The van der Waals surface area contributed by atoms with E-state index in [0.29, 0.717) is 5.75 Å². The van der Waals surface area contributed by atoms with E-state index in [2.05, 4.69) is 0 Å². The second-order valence-electron chi connectivity index (χ2n) is 3.61. The highest BCUT2D eigenvalue weighted by molar-refractivity contribution is 6.05. The van der Waals surface area contributed by atoms with Crippen molar-refractivity contribution in [3.63, 3.8) is 0 Å². The van der Waals surface area contributed by atoms with E-state index in [1.807, 2.05) is 0 Å². The number of hydrogen-bond acceptors (Lipinski definition) is 4. The highest BCUT2D eigenvalue weighted by Crippen LogP contribution is 2.26. The van der Waals surface area contributed by atoms with Gasteiger partial charge in [-0.15, -0.1) is 0 Å². The average Bonchev–Trinajstić information content (AvgIpc) is 2.27. The molecular formula is C13H14O4. The van der Waals surface area contributed by atoms with Crippen LogP contribution in [-0.2, 0) is 9.59 Å². The Balaban J connectivity index is 2.78. The molecular weight excluding hydrogens is 220 g/mol. The topological polar surface area (TPSA) is 63.6 Å². The summed E-state index contributed by atoms with van der Waals surface area (Å²) in [6.45, 7) is 1.37. The van der Waals surface area contributed by atoms with Crippen molar-refractivity contribution in [3.8, 4) is 11.5 Å². The van der Waals surface area contributed by atoms with E-state index in [-0.39, 0.29) is 23.7 Å². The summed E-state index contributed by atoms with van der Waals surface area (Å²) in [5, 5.41) is 9.37. The van der Waals surface area contributed by atoms with Crippen molar-refractivity contribution >= 4 is 17.6 Å². The van der Waals surface area contributed by atoms with Gasteiger partial charge in [-0.2, -0.15) is 0 Å². The molecule has 1 N–H and O–H groups in total. The molecule has 0 atom stereocenters. The minimum atomic E-state index is -0.246. The Kier molecular flexibility index (Phi) is 4.46. The first-order chi connectivity index (χ1) is 8.02. The van der Waals surface area contributed by atoms with Crippen LogP contribution in [0.5, 0.6) is 11.5 Å². The zero-order chi connectivity index (χ0) is 12.8. The average molecular weight is 234 g/mol. The molecule has 0 fully saturated rings. The predicted octanol–water partition coefficient (Wildman–Crippen LogP) is 1.96. The zero-order valence-electron chi connectivity index (χ0n) is 9.77. The summed E-state index contributed by atoms with van der Waals surface area (Å²) in [7, 11) is 1.45. The highest BCUT2D eigenvalue weighted by Gasteiger charge is 2.02. The maximum Gasteiger partial charge on any atom is 0.163 e. The Hall–Kier alpha value is -2.10. The molecule has 1 aromatic rings. The van der Waals surface area contributed by atoms with E-state index in [1.165, 1.54) is 26.2 Å². The fourth-order valence-corrected chi connectivity index (χ4v) is 1.29. The van der Waals surface area contributed by atoms with Gasteiger partial charge in [0.15, 0.2) is 17.3 Å². The van der Waals surface area contributed by atoms with Gasteiger partial charge in [0.1, 0.15) is 5.78 Å². The molecule has 0 unspecified atom stereocenters. The molecule has 1 rings (SSSR count). The van der Waals surface area contributed by atoms with E-state index in [0.717, 1.165) is 5.56 Å². The lowest BCUT2D eigenvalue weighted by Crippen LogP contribution is -1.99. The minimum absolute atomic E-state index is 0.0414. The number of phenols is 1. The zero-order valence-corrected chi connectivity index (χ0v) is 9.77. The van der Waals surface area contributed by atoms with E-state index < -0.39 is 0 Å². The number of carbonyl (C=O) groups excluding carboxylic acids is 2. The van der Waals surface area contributed by atoms with Crippen LogP contribution in [0.4, 0.5) is 0 Å². The minimum Gasteiger partial charge on any atom is -0.504 e. The number of carbonyl (C=O) groups is 2. The molecule has 0 bridgehead atoms. The fraction of sp³-hybridized carbons (Fsp3) is 0.231. The lowest BCUT2D eigenvalue weighted by Gasteiger charge is -2.03. The Morgan fingerprint density at radius 2 is 2.12 bits per heavy atom. The molecule has 0 radical (unpaired) electrons. The monoisotopic (exact) mass is 234 g/mol. The molecule has 0 amide bonds. The first-order valence-electron chi connectivity index (χ1n) is 5.10. The van der Waals surface area contributed by atoms with Crippen molar-refractivity contribution in [1.82, 2.24) is 0 Å². The summed E-state index contributed by atoms with van der Waals surface area (Å²) in [4.78, 5) is 22.0. The fourth-order valence-electron chi connectivity index (χ4n) is 1.29. The number of benzene rings is 1. The van der Waals surface area contributed by atoms with Gasteiger partial charge in [0.25, 0.3) is 0 Å². The van der Waals surface area contributed by atoms with Gasteiger partial charge in [-0.1, -0.05) is 12.1 Å². The van der Waals surface area contributed by atoms with Crippen molar-refractivity contribution in [2.45, 2.75) is 13.3 Å². The van der Waals surface area contributed by atoms with E-state index in [9.17, 15) is 14.7 Å². The van der Waals surface area contributed by atoms with Crippen molar-refractivity contribution in [3.05, 3.63) is 29.8 Å². The lowest BCUT2D eigenvalue weighted by atomic mass is 10.1. The maximum absolute atomic E-state index is 11.3. The Bertz CT molecular complexity index is 460. The molecule has 0 saturated carbocycles. The van der Waals surface area contributed by atoms with Crippen LogP contribution >= 0.6 is 0 Å². The number of ether oxygens (including phenoxy) is 1. The number of methoxy groups -OCH3 is 1. The molecule has 0 aliphatic carbocycles. The number of rotatable bonds is 5. The van der Waals surface area contributed by atoms with Gasteiger partial charge in [0, 0.05) is 0 Å².